The fourth-order valence-electron chi connectivity index (χ4n) is 9.00. The largest absolute Gasteiger partial charge is 0.481 e. The lowest BCUT2D eigenvalue weighted by atomic mass is 9.66. The molecule has 0 spiro atoms. The number of aliphatic carboxylic acids is 2. The Morgan fingerprint density at radius 3 is 1.65 bits per heavy atom. The second-order valence-corrected chi connectivity index (χ2v) is 16.2. The Bertz CT molecular complexity index is 1200. The van der Waals surface area contributed by atoms with Crippen molar-refractivity contribution in [2.24, 2.45) is 46.8 Å². The number of rotatable bonds is 15. The van der Waals surface area contributed by atoms with E-state index in [9.17, 15) is 39.4 Å². The molecule has 0 aromatic carbocycles. The standard InChI is InChI=1S/C37H60N2O12/c1-37(2,19-50-25-11-5-21(6-12-25)31(39-47)29-17-22(35(45)48-3)7-15-27(29)33(41)42)20-51-26-13-9-24(10-14-26)38-32(40)30-18-23(36(46)49-4)8-16-28(30)34(43)44/h21-31,39,47H,5-20H2,1-4H3,(H,38,40)(H,41,42)(H,43,44). The van der Waals surface area contributed by atoms with Crippen molar-refractivity contribution in [1.82, 2.24) is 10.8 Å². The Hall–Kier alpha value is -2.81. The van der Waals surface area contributed by atoms with Crippen LogP contribution in [-0.2, 0) is 42.9 Å². The van der Waals surface area contributed by atoms with Crippen LogP contribution < -0.4 is 10.8 Å². The van der Waals surface area contributed by atoms with Crippen molar-refractivity contribution in [3.63, 3.8) is 0 Å². The van der Waals surface area contributed by atoms with Crippen LogP contribution >= 0.6 is 0 Å². The zero-order valence-electron chi connectivity index (χ0n) is 30.7. The van der Waals surface area contributed by atoms with Gasteiger partial charge in [0, 0.05) is 17.5 Å². The average Bonchev–Trinajstić information content (AvgIpc) is 3.13. The number of hydrogen-bond acceptors (Lipinski definition) is 11. The van der Waals surface area contributed by atoms with Crippen molar-refractivity contribution >= 4 is 29.8 Å². The maximum atomic E-state index is 13.2. The van der Waals surface area contributed by atoms with E-state index in [4.69, 9.17) is 18.9 Å². The number of carbonyl (C=O) groups excluding carboxylic acids is 3. The first kappa shape index (κ1) is 41.0. The molecule has 51 heavy (non-hydrogen) atoms. The average molecular weight is 725 g/mol. The molecule has 1 amide bonds. The summed E-state index contributed by atoms with van der Waals surface area (Å²) in [7, 11) is 2.65. The van der Waals surface area contributed by atoms with Gasteiger partial charge >= 0.3 is 23.9 Å². The third kappa shape index (κ3) is 11.1. The third-order valence-electron chi connectivity index (χ3n) is 12.1. The normalized spacial score (nSPS) is 33.7. The van der Waals surface area contributed by atoms with Crippen LogP contribution in [0.2, 0.25) is 0 Å². The molecule has 14 nitrogen and oxygen atoms in total. The summed E-state index contributed by atoms with van der Waals surface area (Å²) in [6.45, 7) is 5.23. The maximum absolute atomic E-state index is 13.2. The van der Waals surface area contributed by atoms with E-state index in [0.717, 1.165) is 51.4 Å². The lowest BCUT2D eigenvalue weighted by molar-refractivity contribution is -0.155. The molecule has 7 unspecified atom stereocenters. The molecule has 290 valence electrons. The van der Waals surface area contributed by atoms with Gasteiger partial charge in [-0.3, -0.25) is 24.0 Å². The highest BCUT2D eigenvalue weighted by atomic mass is 16.5. The van der Waals surface area contributed by atoms with Crippen molar-refractivity contribution < 1.29 is 58.3 Å². The van der Waals surface area contributed by atoms with Crippen molar-refractivity contribution in [3.8, 4) is 0 Å². The summed E-state index contributed by atoms with van der Waals surface area (Å²) in [5.41, 5.74) is 2.20. The van der Waals surface area contributed by atoms with Gasteiger partial charge in [0.15, 0.2) is 0 Å². The lowest BCUT2D eigenvalue weighted by Crippen LogP contribution is -2.49. The molecule has 5 N–H and O–H groups in total. The first-order chi connectivity index (χ1) is 24.3. The van der Waals surface area contributed by atoms with Crippen molar-refractivity contribution in [1.29, 1.82) is 0 Å². The van der Waals surface area contributed by atoms with Gasteiger partial charge in [-0.15, -0.1) is 0 Å². The van der Waals surface area contributed by atoms with Gasteiger partial charge in [0.25, 0.3) is 0 Å². The van der Waals surface area contributed by atoms with E-state index in [-0.39, 0.29) is 66.1 Å². The molecular weight excluding hydrogens is 664 g/mol. The first-order valence-corrected chi connectivity index (χ1v) is 18.8. The topological polar surface area (TPSA) is 207 Å². The van der Waals surface area contributed by atoms with E-state index in [1.165, 1.54) is 14.2 Å². The quantitative estimate of drug-likeness (QED) is 0.120. The van der Waals surface area contributed by atoms with E-state index >= 15 is 0 Å². The maximum Gasteiger partial charge on any atom is 0.308 e. The molecule has 0 heterocycles. The highest BCUT2D eigenvalue weighted by Gasteiger charge is 2.45. The Morgan fingerprint density at radius 1 is 0.667 bits per heavy atom. The van der Waals surface area contributed by atoms with Crippen LogP contribution in [0.4, 0.5) is 0 Å². The van der Waals surface area contributed by atoms with E-state index in [2.05, 4.69) is 24.6 Å². The molecule has 0 aliphatic heterocycles. The zero-order chi connectivity index (χ0) is 37.3. The molecule has 4 aliphatic carbocycles. The molecule has 4 rings (SSSR count). The highest BCUT2D eigenvalue weighted by Crippen LogP contribution is 2.42. The van der Waals surface area contributed by atoms with Crippen LogP contribution in [-0.4, -0.2) is 96.9 Å². The van der Waals surface area contributed by atoms with E-state index < -0.39 is 47.6 Å². The highest BCUT2D eigenvalue weighted by molar-refractivity contribution is 5.86. The Morgan fingerprint density at radius 2 is 1.16 bits per heavy atom. The second kappa shape index (κ2) is 18.8. The molecule has 0 radical (unpaired) electrons. The van der Waals surface area contributed by atoms with Crippen molar-refractivity contribution in [2.45, 2.75) is 128 Å². The molecule has 0 aromatic rings. The molecule has 4 saturated carbocycles. The van der Waals surface area contributed by atoms with E-state index in [0.29, 0.717) is 38.9 Å². The minimum absolute atomic E-state index is 0.0501. The summed E-state index contributed by atoms with van der Waals surface area (Å²) in [6, 6.07) is -0.500. The second-order valence-electron chi connectivity index (χ2n) is 16.2. The fourth-order valence-corrected chi connectivity index (χ4v) is 9.00. The zero-order valence-corrected chi connectivity index (χ0v) is 30.7. The molecule has 4 aliphatic rings. The van der Waals surface area contributed by atoms with Crippen LogP contribution in [0, 0.1) is 46.8 Å². The Labute approximate surface area is 301 Å². The smallest absolute Gasteiger partial charge is 0.308 e. The van der Waals surface area contributed by atoms with Gasteiger partial charge in [-0.1, -0.05) is 13.8 Å². The summed E-state index contributed by atoms with van der Waals surface area (Å²) in [5, 5.41) is 32.8. The van der Waals surface area contributed by atoms with Crippen LogP contribution in [0.15, 0.2) is 0 Å². The number of nitrogens with one attached hydrogen (secondary N) is 2. The molecule has 4 fully saturated rings. The van der Waals surface area contributed by atoms with Gasteiger partial charge in [0.1, 0.15) is 0 Å². The number of hydroxylamine groups is 1. The van der Waals surface area contributed by atoms with Gasteiger partial charge in [0.2, 0.25) is 5.91 Å². The van der Waals surface area contributed by atoms with Gasteiger partial charge in [-0.25, -0.2) is 5.48 Å². The van der Waals surface area contributed by atoms with Crippen molar-refractivity contribution in [2.75, 3.05) is 27.4 Å². The molecule has 14 heteroatoms. The van der Waals surface area contributed by atoms with Gasteiger partial charge in [0.05, 0.1) is 69.2 Å². The monoisotopic (exact) mass is 724 g/mol. The molecular formula is C37H60N2O12. The predicted octanol–water partition coefficient (Wildman–Crippen LogP) is 3.96. The summed E-state index contributed by atoms with van der Waals surface area (Å²) >= 11 is 0. The Balaban J connectivity index is 1.17. The summed E-state index contributed by atoms with van der Waals surface area (Å²) in [6.07, 6.45) is 8.29. The minimum atomic E-state index is -1.01. The number of carboxylic acid groups (broad SMARTS) is 2. The van der Waals surface area contributed by atoms with Crippen molar-refractivity contribution in [3.05, 3.63) is 0 Å². The number of methoxy groups -OCH3 is 2. The molecule has 0 aromatic heterocycles. The lowest BCUT2D eigenvalue weighted by Gasteiger charge is -2.42. The predicted molar refractivity (Wildman–Crippen MR) is 182 cm³/mol. The number of esters is 2. The number of hydrogen-bond donors (Lipinski definition) is 5. The Kier molecular flexibility index (Phi) is 15.1. The van der Waals surface area contributed by atoms with E-state index in [1.807, 2.05) is 0 Å². The van der Waals surface area contributed by atoms with Gasteiger partial charge < -0.3 is 39.7 Å². The number of carbonyl (C=O) groups is 5. The molecule has 0 saturated heterocycles. The van der Waals surface area contributed by atoms with Crippen LogP contribution in [0.25, 0.3) is 0 Å². The summed E-state index contributed by atoms with van der Waals surface area (Å²) in [4.78, 5) is 61.4. The van der Waals surface area contributed by atoms with Crippen LogP contribution in [0.1, 0.15) is 104 Å². The van der Waals surface area contributed by atoms with Gasteiger partial charge in [-0.05, 0) is 102 Å². The van der Waals surface area contributed by atoms with Gasteiger partial charge in [-0.2, -0.15) is 0 Å². The number of amides is 1. The van der Waals surface area contributed by atoms with E-state index in [1.54, 1.807) is 0 Å². The van der Waals surface area contributed by atoms with Crippen LogP contribution in [0.3, 0.4) is 0 Å². The summed E-state index contributed by atoms with van der Waals surface area (Å²) < 4.78 is 22.4. The van der Waals surface area contributed by atoms with Crippen LogP contribution in [0.5, 0.6) is 0 Å². The fraction of sp³-hybridized carbons (Fsp3) is 0.865. The first-order valence-electron chi connectivity index (χ1n) is 18.8. The number of carboxylic acids is 2. The SMILES string of the molecule is COC(=O)C1CCC(C(=O)O)C(C(=O)NC2CCC(OCC(C)(C)COC3CCC(C(NO)C4CC(C(=O)OC)CCC4C(=O)O)CC3)CC2)C1. The number of ether oxygens (including phenoxy) is 4. The molecule has 0 bridgehead atoms. The molecule has 7 atom stereocenters. The minimum Gasteiger partial charge on any atom is -0.481 e. The summed E-state index contributed by atoms with van der Waals surface area (Å²) in [5.74, 6) is -6.29. The third-order valence-corrected chi connectivity index (χ3v) is 12.1.